The number of benzene rings is 2. The molecule has 0 spiro atoms. The van der Waals surface area contributed by atoms with Gasteiger partial charge < -0.3 is 0 Å². The summed E-state index contributed by atoms with van der Waals surface area (Å²) < 4.78 is 55.8. The lowest BCUT2D eigenvalue weighted by molar-refractivity contribution is 0.204. The van der Waals surface area contributed by atoms with Gasteiger partial charge in [-0.15, -0.1) is 0 Å². The first-order valence-electron chi connectivity index (χ1n) is 10.8. The summed E-state index contributed by atoms with van der Waals surface area (Å²) in [6, 6.07) is 12.7. The lowest BCUT2D eigenvalue weighted by atomic mass is 10.0. The zero-order valence-corrected chi connectivity index (χ0v) is 20.2. The minimum Gasteiger partial charge on any atom is -0.280 e. The van der Waals surface area contributed by atoms with Crippen molar-refractivity contribution in [2.75, 3.05) is 4.72 Å². The van der Waals surface area contributed by atoms with E-state index in [0.29, 0.717) is 11.6 Å². The molecule has 6 nitrogen and oxygen atoms in total. The lowest BCUT2D eigenvalue weighted by Crippen LogP contribution is -2.47. The summed E-state index contributed by atoms with van der Waals surface area (Å²) in [4.78, 5) is 0.349. The molecule has 1 fully saturated rings. The van der Waals surface area contributed by atoms with Crippen molar-refractivity contribution in [3.8, 4) is 0 Å². The van der Waals surface area contributed by atoms with Crippen LogP contribution >= 0.6 is 0 Å². The summed E-state index contributed by atoms with van der Waals surface area (Å²) in [5, 5.41) is 0. The molecule has 3 rings (SSSR count). The lowest BCUT2D eigenvalue weighted by Gasteiger charge is -2.37. The topological polar surface area (TPSA) is 83.5 Å². The second-order valence-corrected chi connectivity index (χ2v) is 12.4. The highest BCUT2D eigenvalue weighted by molar-refractivity contribution is 7.92. The van der Waals surface area contributed by atoms with Crippen molar-refractivity contribution >= 4 is 25.7 Å². The van der Waals surface area contributed by atoms with Crippen LogP contribution in [-0.2, 0) is 26.5 Å². The Morgan fingerprint density at radius 3 is 1.90 bits per heavy atom. The van der Waals surface area contributed by atoms with Crippen molar-refractivity contribution in [3.63, 3.8) is 0 Å². The van der Waals surface area contributed by atoms with Gasteiger partial charge in [0.05, 0.1) is 9.79 Å². The van der Waals surface area contributed by atoms with Crippen molar-refractivity contribution in [2.24, 2.45) is 5.92 Å². The Bertz CT molecular complexity index is 1080. The fourth-order valence-electron chi connectivity index (χ4n) is 4.18. The number of sulfonamides is 2. The summed E-state index contributed by atoms with van der Waals surface area (Å²) in [5.41, 5.74) is 1.41. The fraction of sp³-hybridized carbons (Fsp3) is 0.478. The Hall–Kier alpha value is -1.90. The maximum atomic E-state index is 13.1. The number of hydrogen-bond acceptors (Lipinski definition) is 4. The molecule has 0 amide bonds. The van der Waals surface area contributed by atoms with Gasteiger partial charge in [-0.25, -0.2) is 16.8 Å². The molecule has 31 heavy (non-hydrogen) atoms. The van der Waals surface area contributed by atoms with E-state index in [1.807, 2.05) is 26.0 Å². The molecule has 0 aliphatic carbocycles. The molecule has 2 aromatic rings. The van der Waals surface area contributed by atoms with Gasteiger partial charge in [-0.05, 0) is 81.0 Å². The maximum Gasteiger partial charge on any atom is 0.261 e. The van der Waals surface area contributed by atoms with Crippen LogP contribution in [0.1, 0.15) is 52.5 Å². The molecule has 2 aromatic carbocycles. The number of hydrogen-bond donors (Lipinski definition) is 1. The zero-order chi connectivity index (χ0) is 22.8. The van der Waals surface area contributed by atoms with Gasteiger partial charge in [-0.1, -0.05) is 32.4 Å². The average Bonchev–Trinajstić information content (AvgIpc) is 2.68. The smallest absolute Gasteiger partial charge is 0.261 e. The van der Waals surface area contributed by atoms with Gasteiger partial charge in [0.2, 0.25) is 10.0 Å². The summed E-state index contributed by atoms with van der Waals surface area (Å²) in [7, 11) is -7.39. The first kappa shape index (κ1) is 23.8. The van der Waals surface area contributed by atoms with Crippen molar-refractivity contribution in [1.82, 2.24) is 4.31 Å². The second-order valence-electron chi connectivity index (χ2n) is 8.84. The summed E-state index contributed by atoms with van der Waals surface area (Å²) in [5.74, 6) is 0.492. The SMILES string of the molecule is CC(C)Cc1ccc(S(=O)(=O)Nc2ccc(S(=O)(=O)N3[C@H](C)CCC[C@@H]3C)cc2)cc1. The normalized spacial score (nSPS) is 20.7. The Morgan fingerprint density at radius 2 is 1.39 bits per heavy atom. The maximum absolute atomic E-state index is 13.1. The fourth-order valence-corrected chi connectivity index (χ4v) is 7.12. The molecule has 0 saturated carbocycles. The minimum absolute atomic E-state index is 0.0504. The first-order valence-corrected chi connectivity index (χ1v) is 13.7. The number of nitrogens with one attached hydrogen (secondary N) is 1. The highest BCUT2D eigenvalue weighted by Crippen LogP contribution is 2.30. The Balaban J connectivity index is 1.77. The molecular formula is C23H32N2O4S2. The molecule has 0 radical (unpaired) electrons. The average molecular weight is 465 g/mol. The van der Waals surface area contributed by atoms with Crippen LogP contribution in [0.4, 0.5) is 5.69 Å². The number of anilines is 1. The van der Waals surface area contributed by atoms with Gasteiger partial charge in [-0.3, -0.25) is 4.72 Å². The molecule has 1 aliphatic heterocycles. The summed E-state index contributed by atoms with van der Waals surface area (Å²) >= 11 is 0. The summed E-state index contributed by atoms with van der Waals surface area (Å²) in [6.07, 6.45) is 3.60. The van der Waals surface area contributed by atoms with E-state index < -0.39 is 20.0 Å². The molecule has 1 saturated heterocycles. The molecule has 1 aliphatic rings. The van der Waals surface area contributed by atoms with Gasteiger partial charge >= 0.3 is 0 Å². The van der Waals surface area contributed by atoms with Crippen LogP contribution in [0.3, 0.4) is 0 Å². The molecule has 1 N–H and O–H groups in total. The Kier molecular flexibility index (Phi) is 7.13. The van der Waals surface area contributed by atoms with E-state index in [-0.39, 0.29) is 21.9 Å². The van der Waals surface area contributed by atoms with E-state index in [9.17, 15) is 16.8 Å². The third-order valence-electron chi connectivity index (χ3n) is 5.67. The summed E-state index contributed by atoms with van der Waals surface area (Å²) in [6.45, 7) is 8.09. The largest absolute Gasteiger partial charge is 0.280 e. The molecule has 1 heterocycles. The van der Waals surface area contributed by atoms with Gasteiger partial charge in [0.25, 0.3) is 10.0 Å². The molecular weight excluding hydrogens is 432 g/mol. The van der Waals surface area contributed by atoms with Crippen molar-refractivity contribution < 1.29 is 16.8 Å². The second kappa shape index (κ2) is 9.30. The first-order chi connectivity index (χ1) is 14.5. The molecule has 8 heteroatoms. The van der Waals surface area contributed by atoms with Gasteiger partial charge in [-0.2, -0.15) is 4.31 Å². The van der Waals surface area contributed by atoms with E-state index in [4.69, 9.17) is 0 Å². The van der Waals surface area contributed by atoms with Gasteiger partial charge in [0, 0.05) is 17.8 Å². The van der Waals surface area contributed by atoms with Crippen LogP contribution in [0.5, 0.6) is 0 Å². The zero-order valence-electron chi connectivity index (χ0n) is 18.6. The van der Waals surface area contributed by atoms with E-state index in [2.05, 4.69) is 18.6 Å². The standard InChI is InChI=1S/C23H32N2O4S2/c1-17(2)16-20-8-12-22(13-9-20)30(26,27)24-21-10-14-23(15-11-21)31(28,29)25-18(3)6-5-7-19(25)4/h8-15,17-19,24H,5-7,16H2,1-4H3/t18-,19+. The third-order valence-corrected chi connectivity index (χ3v) is 9.21. The van der Waals surface area contributed by atoms with E-state index >= 15 is 0 Å². The van der Waals surface area contributed by atoms with Crippen LogP contribution in [0.2, 0.25) is 0 Å². The van der Waals surface area contributed by atoms with E-state index in [1.54, 1.807) is 16.4 Å². The van der Waals surface area contributed by atoms with Gasteiger partial charge in [0.1, 0.15) is 0 Å². The molecule has 170 valence electrons. The van der Waals surface area contributed by atoms with E-state index in [1.165, 1.54) is 24.3 Å². The van der Waals surface area contributed by atoms with E-state index in [0.717, 1.165) is 31.2 Å². The highest BCUT2D eigenvalue weighted by atomic mass is 32.2. The molecule has 0 bridgehead atoms. The highest BCUT2D eigenvalue weighted by Gasteiger charge is 2.35. The number of piperidine rings is 1. The van der Waals surface area contributed by atoms with Gasteiger partial charge in [0.15, 0.2) is 0 Å². The monoisotopic (exact) mass is 464 g/mol. The van der Waals surface area contributed by atoms with Crippen molar-refractivity contribution in [3.05, 3.63) is 54.1 Å². The molecule has 0 aromatic heterocycles. The number of rotatable bonds is 7. The Labute approximate surface area is 186 Å². The Morgan fingerprint density at radius 1 is 0.871 bits per heavy atom. The van der Waals surface area contributed by atoms with Crippen LogP contribution in [0, 0.1) is 5.92 Å². The van der Waals surface area contributed by atoms with Crippen LogP contribution in [0.15, 0.2) is 58.3 Å². The van der Waals surface area contributed by atoms with Crippen LogP contribution in [0.25, 0.3) is 0 Å². The predicted octanol–water partition coefficient (Wildman–Crippen LogP) is 4.64. The third kappa shape index (κ3) is 5.48. The van der Waals surface area contributed by atoms with Crippen molar-refractivity contribution in [1.29, 1.82) is 0 Å². The molecule has 0 unspecified atom stereocenters. The van der Waals surface area contributed by atoms with Crippen LogP contribution in [-0.4, -0.2) is 33.2 Å². The minimum atomic E-state index is -3.75. The number of nitrogens with zero attached hydrogens (tertiary/aromatic N) is 1. The predicted molar refractivity (Wildman–Crippen MR) is 124 cm³/mol. The molecule has 2 atom stereocenters. The quantitative estimate of drug-likeness (QED) is 0.647. The van der Waals surface area contributed by atoms with Crippen LogP contribution < -0.4 is 4.72 Å². The van der Waals surface area contributed by atoms with Crippen molar-refractivity contribution in [2.45, 2.75) is 75.3 Å².